The molecule has 0 saturated carbocycles. The van der Waals surface area contributed by atoms with Gasteiger partial charge in [-0.25, -0.2) is 8.42 Å². The Labute approximate surface area is 165 Å². The molecule has 0 spiro atoms. The molecule has 2 rings (SSSR count). The van der Waals surface area contributed by atoms with Crippen molar-refractivity contribution in [1.29, 1.82) is 0 Å². The van der Waals surface area contributed by atoms with Gasteiger partial charge in [0.25, 0.3) is 0 Å². The van der Waals surface area contributed by atoms with Crippen LogP contribution in [0.4, 0.5) is 0 Å². The second-order valence-electron chi connectivity index (χ2n) is 6.72. The van der Waals surface area contributed by atoms with Gasteiger partial charge < -0.3 is 10.1 Å². The standard InChI is InChI=1S/C19H26N2O4S2/c1-13(2)12-17(19(22)20-14(3)18-6-5-11-26-18)21-27(23,24)16-9-7-15(25-4)8-10-16/h5-11,13-14,17,21H,12H2,1-4H3,(H,20,22)/t14-,17-/m1/s1. The Morgan fingerprint density at radius 3 is 2.33 bits per heavy atom. The molecule has 0 radical (unpaired) electrons. The van der Waals surface area contributed by atoms with E-state index in [1.54, 1.807) is 23.5 Å². The van der Waals surface area contributed by atoms with Gasteiger partial charge in [0.15, 0.2) is 0 Å². The lowest BCUT2D eigenvalue weighted by atomic mass is 10.0. The highest BCUT2D eigenvalue weighted by molar-refractivity contribution is 7.89. The highest BCUT2D eigenvalue weighted by Gasteiger charge is 2.27. The van der Waals surface area contributed by atoms with Crippen molar-refractivity contribution in [2.24, 2.45) is 5.92 Å². The quantitative estimate of drug-likeness (QED) is 0.664. The van der Waals surface area contributed by atoms with E-state index in [2.05, 4.69) is 10.0 Å². The number of carbonyl (C=O) groups is 1. The van der Waals surface area contributed by atoms with Crippen molar-refractivity contribution in [3.05, 3.63) is 46.7 Å². The smallest absolute Gasteiger partial charge is 0.241 e. The second kappa shape index (κ2) is 9.34. The first-order valence-corrected chi connectivity index (χ1v) is 11.1. The molecular formula is C19H26N2O4S2. The molecule has 8 heteroatoms. The molecule has 148 valence electrons. The molecule has 0 aliphatic carbocycles. The van der Waals surface area contributed by atoms with E-state index in [0.29, 0.717) is 12.2 Å². The topological polar surface area (TPSA) is 84.5 Å². The van der Waals surface area contributed by atoms with Crippen LogP contribution in [0.15, 0.2) is 46.7 Å². The number of ether oxygens (including phenoxy) is 1. The average molecular weight is 411 g/mol. The summed E-state index contributed by atoms with van der Waals surface area (Å²) in [5, 5.41) is 4.85. The van der Waals surface area contributed by atoms with Crippen LogP contribution in [0.1, 0.15) is 38.1 Å². The van der Waals surface area contributed by atoms with Gasteiger partial charge in [-0.2, -0.15) is 4.72 Å². The molecule has 0 aliphatic rings. The molecule has 27 heavy (non-hydrogen) atoms. The van der Waals surface area contributed by atoms with Crippen LogP contribution in [0.25, 0.3) is 0 Å². The molecule has 0 aliphatic heterocycles. The molecule has 0 saturated heterocycles. The Kier molecular flexibility index (Phi) is 7.41. The number of amides is 1. The van der Waals surface area contributed by atoms with Gasteiger partial charge in [-0.05, 0) is 55.0 Å². The SMILES string of the molecule is COc1ccc(S(=O)(=O)N[C@H](CC(C)C)C(=O)N[C@H](C)c2cccs2)cc1. The zero-order valence-electron chi connectivity index (χ0n) is 15.9. The predicted octanol–water partition coefficient (Wildman–Crippen LogP) is 3.33. The third-order valence-electron chi connectivity index (χ3n) is 4.02. The van der Waals surface area contributed by atoms with E-state index >= 15 is 0 Å². The molecule has 6 nitrogen and oxygen atoms in total. The minimum Gasteiger partial charge on any atom is -0.497 e. The zero-order chi connectivity index (χ0) is 20.0. The summed E-state index contributed by atoms with van der Waals surface area (Å²) in [4.78, 5) is 13.9. The van der Waals surface area contributed by atoms with E-state index in [4.69, 9.17) is 4.74 Å². The fraction of sp³-hybridized carbons (Fsp3) is 0.421. The first-order valence-electron chi connectivity index (χ1n) is 8.73. The summed E-state index contributed by atoms with van der Waals surface area (Å²) in [6.07, 6.45) is 0.401. The van der Waals surface area contributed by atoms with Gasteiger partial charge in [-0.1, -0.05) is 19.9 Å². The molecule has 2 N–H and O–H groups in total. The number of hydrogen-bond acceptors (Lipinski definition) is 5. The van der Waals surface area contributed by atoms with E-state index in [1.807, 2.05) is 38.3 Å². The zero-order valence-corrected chi connectivity index (χ0v) is 17.6. The number of thiophene rings is 1. The second-order valence-corrected chi connectivity index (χ2v) is 9.42. The van der Waals surface area contributed by atoms with Crippen molar-refractivity contribution in [2.45, 2.75) is 44.2 Å². The van der Waals surface area contributed by atoms with Crippen molar-refractivity contribution in [3.63, 3.8) is 0 Å². The fourth-order valence-electron chi connectivity index (χ4n) is 2.61. The minimum absolute atomic E-state index is 0.0937. The van der Waals surface area contributed by atoms with Crippen molar-refractivity contribution >= 4 is 27.3 Å². The van der Waals surface area contributed by atoms with E-state index in [-0.39, 0.29) is 22.8 Å². The van der Waals surface area contributed by atoms with Crippen LogP contribution in [-0.2, 0) is 14.8 Å². The van der Waals surface area contributed by atoms with E-state index in [0.717, 1.165) is 4.88 Å². The summed E-state index contributed by atoms with van der Waals surface area (Å²) in [6, 6.07) is 8.89. The number of rotatable bonds is 9. The lowest BCUT2D eigenvalue weighted by Gasteiger charge is -2.22. The Morgan fingerprint density at radius 2 is 1.81 bits per heavy atom. The maximum Gasteiger partial charge on any atom is 0.241 e. The average Bonchev–Trinajstić information content (AvgIpc) is 3.15. The third kappa shape index (κ3) is 6.05. The molecule has 2 aromatic rings. The van der Waals surface area contributed by atoms with Crippen LogP contribution >= 0.6 is 11.3 Å². The summed E-state index contributed by atoms with van der Waals surface area (Å²) in [6.45, 7) is 5.78. The summed E-state index contributed by atoms with van der Waals surface area (Å²) in [5.74, 6) is 0.383. The molecule has 1 aromatic heterocycles. The molecule has 2 atom stereocenters. The highest BCUT2D eigenvalue weighted by Crippen LogP contribution is 2.20. The largest absolute Gasteiger partial charge is 0.497 e. The van der Waals surface area contributed by atoms with Crippen LogP contribution in [0.5, 0.6) is 5.75 Å². The van der Waals surface area contributed by atoms with Crippen molar-refractivity contribution in [1.82, 2.24) is 10.0 Å². The van der Waals surface area contributed by atoms with E-state index < -0.39 is 16.1 Å². The number of carbonyl (C=O) groups excluding carboxylic acids is 1. The number of hydrogen-bond donors (Lipinski definition) is 2. The van der Waals surface area contributed by atoms with E-state index in [9.17, 15) is 13.2 Å². The van der Waals surface area contributed by atoms with Crippen LogP contribution < -0.4 is 14.8 Å². The number of nitrogens with one attached hydrogen (secondary N) is 2. The Hall–Kier alpha value is -1.90. The first kappa shape index (κ1) is 21.4. The normalized spacial score (nSPS) is 14.0. The summed E-state index contributed by atoms with van der Waals surface area (Å²) >= 11 is 1.55. The maximum atomic E-state index is 12.7. The Balaban J connectivity index is 2.15. The maximum absolute atomic E-state index is 12.7. The number of sulfonamides is 1. The number of methoxy groups -OCH3 is 1. The highest BCUT2D eigenvalue weighted by atomic mass is 32.2. The van der Waals surface area contributed by atoms with Gasteiger partial charge in [0.05, 0.1) is 18.0 Å². The summed E-state index contributed by atoms with van der Waals surface area (Å²) < 4.78 is 33.0. The van der Waals surface area contributed by atoms with Crippen LogP contribution in [0.3, 0.4) is 0 Å². The van der Waals surface area contributed by atoms with Crippen molar-refractivity contribution in [2.75, 3.05) is 7.11 Å². The Morgan fingerprint density at radius 1 is 1.15 bits per heavy atom. The van der Waals surface area contributed by atoms with Gasteiger partial charge in [0, 0.05) is 4.88 Å². The fourth-order valence-corrected chi connectivity index (χ4v) is 4.56. The lowest BCUT2D eigenvalue weighted by Crippen LogP contribution is -2.47. The van der Waals surface area contributed by atoms with Crippen molar-refractivity contribution in [3.8, 4) is 5.75 Å². The third-order valence-corrected chi connectivity index (χ3v) is 6.56. The first-order chi connectivity index (χ1) is 12.7. The van der Waals surface area contributed by atoms with Gasteiger partial charge in [-0.15, -0.1) is 11.3 Å². The van der Waals surface area contributed by atoms with Gasteiger partial charge in [0.2, 0.25) is 15.9 Å². The number of benzene rings is 1. The van der Waals surface area contributed by atoms with Crippen LogP contribution in [0, 0.1) is 5.92 Å². The minimum atomic E-state index is -3.83. The molecule has 1 aromatic carbocycles. The predicted molar refractivity (Wildman–Crippen MR) is 107 cm³/mol. The van der Waals surface area contributed by atoms with Gasteiger partial charge in [0.1, 0.15) is 11.8 Å². The molecule has 0 unspecified atom stereocenters. The monoisotopic (exact) mass is 410 g/mol. The van der Waals surface area contributed by atoms with Crippen molar-refractivity contribution < 1.29 is 17.9 Å². The van der Waals surface area contributed by atoms with Gasteiger partial charge in [-0.3, -0.25) is 4.79 Å². The van der Waals surface area contributed by atoms with Gasteiger partial charge >= 0.3 is 0 Å². The molecule has 0 bridgehead atoms. The van der Waals surface area contributed by atoms with Crippen LogP contribution in [0.2, 0.25) is 0 Å². The van der Waals surface area contributed by atoms with Crippen LogP contribution in [-0.4, -0.2) is 27.5 Å². The molecule has 1 amide bonds. The Bertz CT molecular complexity index is 831. The summed E-state index contributed by atoms with van der Waals surface area (Å²) in [5.41, 5.74) is 0. The molecular weight excluding hydrogens is 384 g/mol. The molecule has 0 fully saturated rings. The summed E-state index contributed by atoms with van der Waals surface area (Å²) in [7, 11) is -2.32. The lowest BCUT2D eigenvalue weighted by molar-refractivity contribution is -0.123. The molecule has 1 heterocycles. The van der Waals surface area contributed by atoms with E-state index in [1.165, 1.54) is 19.2 Å².